The van der Waals surface area contributed by atoms with Gasteiger partial charge in [-0.1, -0.05) is 31.5 Å². The summed E-state index contributed by atoms with van der Waals surface area (Å²) < 4.78 is 4.91. The highest BCUT2D eigenvalue weighted by atomic mass is 35.5. The fraction of sp³-hybridized carbons (Fsp3) is 0.500. The van der Waals surface area contributed by atoms with Crippen molar-refractivity contribution in [2.75, 3.05) is 7.11 Å². The van der Waals surface area contributed by atoms with E-state index in [2.05, 4.69) is 16.4 Å². The third-order valence-electron chi connectivity index (χ3n) is 4.87. The molecular weight excluding hydrogens is 392 g/mol. The summed E-state index contributed by atoms with van der Waals surface area (Å²) in [5.41, 5.74) is 3.13. The van der Waals surface area contributed by atoms with Crippen molar-refractivity contribution in [2.24, 2.45) is 16.8 Å². The number of carboxylic acids is 1. The fourth-order valence-electron chi connectivity index (χ4n) is 3.55. The molecule has 2 rings (SSSR count). The molecule has 158 valence electrons. The second-order valence-corrected chi connectivity index (χ2v) is 8.35. The topological polar surface area (TPSA) is 88.0 Å². The predicted molar refractivity (Wildman–Crippen MR) is 114 cm³/mol. The quantitative estimate of drug-likeness (QED) is 0.562. The Morgan fingerprint density at radius 3 is 2.59 bits per heavy atom. The van der Waals surface area contributed by atoms with Gasteiger partial charge >= 0.3 is 11.9 Å². The maximum atomic E-state index is 12.3. The maximum Gasteiger partial charge on any atom is 0.323 e. The molecule has 1 unspecified atom stereocenters. The van der Waals surface area contributed by atoms with Crippen molar-refractivity contribution in [3.8, 4) is 0 Å². The number of methoxy groups -OCH3 is 1. The van der Waals surface area contributed by atoms with Crippen LogP contribution in [0.2, 0.25) is 5.02 Å². The molecule has 0 bridgehead atoms. The number of aliphatic imine (C=N–C) groups is 1. The number of carbonyl (C=O) groups is 2. The van der Waals surface area contributed by atoms with Crippen LogP contribution in [0.25, 0.3) is 0 Å². The van der Waals surface area contributed by atoms with Gasteiger partial charge in [-0.3, -0.25) is 19.9 Å². The van der Waals surface area contributed by atoms with Gasteiger partial charge < -0.3 is 9.84 Å². The van der Waals surface area contributed by atoms with Crippen LogP contribution in [0.1, 0.15) is 37.8 Å². The van der Waals surface area contributed by atoms with Gasteiger partial charge in [-0.05, 0) is 60.9 Å². The largest absolute Gasteiger partial charge is 0.480 e. The molecule has 7 heteroatoms. The first-order valence-corrected chi connectivity index (χ1v) is 10.1. The van der Waals surface area contributed by atoms with Gasteiger partial charge in [-0.2, -0.15) is 0 Å². The molecule has 0 aromatic heterocycles. The van der Waals surface area contributed by atoms with Crippen molar-refractivity contribution in [1.29, 1.82) is 0 Å². The monoisotopic (exact) mass is 420 g/mol. The number of benzene rings is 1. The number of rotatable bonds is 10. The minimum atomic E-state index is -0.977. The number of carboxylic acid groups (broad SMARTS) is 1. The SMILES string of the molecule is COC(=O)[C@H](CC1=CN=CC1Cc1cc(C)cc(Cl)c1)N[C@@H](CC(C)C)C(=O)O. The summed E-state index contributed by atoms with van der Waals surface area (Å²) in [6, 6.07) is 4.34. The zero-order valence-electron chi connectivity index (χ0n) is 17.3. The van der Waals surface area contributed by atoms with E-state index in [-0.39, 0.29) is 11.8 Å². The molecule has 3 atom stereocenters. The Labute approximate surface area is 177 Å². The van der Waals surface area contributed by atoms with Crippen molar-refractivity contribution < 1.29 is 19.4 Å². The molecule has 0 radical (unpaired) electrons. The molecule has 1 aromatic rings. The number of carbonyl (C=O) groups excluding carboxylic acids is 1. The van der Waals surface area contributed by atoms with Crippen molar-refractivity contribution in [2.45, 2.75) is 52.1 Å². The number of halogens is 1. The lowest BCUT2D eigenvalue weighted by atomic mass is 9.89. The highest BCUT2D eigenvalue weighted by Crippen LogP contribution is 2.26. The van der Waals surface area contributed by atoms with Crippen LogP contribution in [0.3, 0.4) is 0 Å². The molecule has 0 aliphatic carbocycles. The van der Waals surface area contributed by atoms with Gasteiger partial charge in [0, 0.05) is 23.4 Å². The lowest BCUT2D eigenvalue weighted by Crippen LogP contribution is -2.48. The summed E-state index contributed by atoms with van der Waals surface area (Å²) in [6.45, 7) is 5.88. The number of hydrogen-bond acceptors (Lipinski definition) is 5. The number of aryl methyl sites for hydroxylation is 1. The molecule has 0 amide bonds. The third kappa shape index (κ3) is 6.98. The summed E-state index contributed by atoms with van der Waals surface area (Å²) in [5, 5.41) is 13.2. The second-order valence-electron chi connectivity index (χ2n) is 7.92. The number of esters is 1. The molecule has 1 heterocycles. The first kappa shape index (κ1) is 23.1. The number of nitrogens with one attached hydrogen (secondary N) is 1. The Bertz CT molecular complexity index is 784. The Hall–Kier alpha value is -2.18. The zero-order chi connectivity index (χ0) is 21.6. The highest BCUT2D eigenvalue weighted by molar-refractivity contribution is 6.30. The molecule has 0 saturated carbocycles. The van der Waals surface area contributed by atoms with E-state index in [1.807, 2.05) is 39.1 Å². The predicted octanol–water partition coefficient (Wildman–Crippen LogP) is 3.80. The molecule has 6 nitrogen and oxygen atoms in total. The van der Waals surface area contributed by atoms with E-state index in [9.17, 15) is 14.7 Å². The Kier molecular flexibility index (Phi) is 8.41. The summed E-state index contributed by atoms with van der Waals surface area (Å²) in [4.78, 5) is 28.2. The summed E-state index contributed by atoms with van der Waals surface area (Å²) in [6.07, 6.45) is 5.06. The Morgan fingerprint density at radius 2 is 2.00 bits per heavy atom. The number of nitrogens with zero attached hydrogens (tertiary/aromatic N) is 1. The number of ether oxygens (including phenoxy) is 1. The lowest BCUT2D eigenvalue weighted by Gasteiger charge is -2.24. The van der Waals surface area contributed by atoms with E-state index in [1.54, 1.807) is 6.20 Å². The smallest absolute Gasteiger partial charge is 0.323 e. The summed E-state index contributed by atoms with van der Waals surface area (Å²) in [7, 11) is 1.31. The second kappa shape index (κ2) is 10.6. The minimum absolute atomic E-state index is 0.0233. The first-order valence-electron chi connectivity index (χ1n) is 9.74. The molecule has 1 aliphatic rings. The van der Waals surface area contributed by atoms with Crippen LogP contribution in [0.4, 0.5) is 0 Å². The fourth-order valence-corrected chi connectivity index (χ4v) is 3.86. The molecule has 0 spiro atoms. The third-order valence-corrected chi connectivity index (χ3v) is 5.09. The molecule has 2 N–H and O–H groups in total. The van der Waals surface area contributed by atoms with Gasteiger partial charge in [-0.25, -0.2) is 0 Å². The van der Waals surface area contributed by atoms with Crippen LogP contribution in [0.15, 0.2) is 35.0 Å². The molecule has 1 aliphatic heterocycles. The highest BCUT2D eigenvalue weighted by Gasteiger charge is 2.30. The lowest BCUT2D eigenvalue weighted by molar-refractivity contribution is -0.145. The van der Waals surface area contributed by atoms with Gasteiger partial charge in [0.1, 0.15) is 12.1 Å². The molecule has 29 heavy (non-hydrogen) atoms. The van der Waals surface area contributed by atoms with Crippen molar-refractivity contribution in [1.82, 2.24) is 5.32 Å². The van der Waals surface area contributed by atoms with Crippen LogP contribution in [0, 0.1) is 18.8 Å². The van der Waals surface area contributed by atoms with E-state index in [0.717, 1.165) is 16.7 Å². The van der Waals surface area contributed by atoms with Crippen molar-refractivity contribution >= 4 is 29.8 Å². The van der Waals surface area contributed by atoms with Crippen molar-refractivity contribution in [3.63, 3.8) is 0 Å². The summed E-state index contributed by atoms with van der Waals surface area (Å²) >= 11 is 6.17. The van der Waals surface area contributed by atoms with Gasteiger partial charge in [0.15, 0.2) is 0 Å². The molecular formula is C22H29ClN2O4. The zero-order valence-corrected chi connectivity index (χ0v) is 18.1. The van der Waals surface area contributed by atoms with Gasteiger partial charge in [0.25, 0.3) is 0 Å². The number of aliphatic carboxylic acids is 1. The summed E-state index contributed by atoms with van der Waals surface area (Å²) in [5.74, 6) is -1.26. The first-order chi connectivity index (χ1) is 13.7. The van der Waals surface area contributed by atoms with Crippen molar-refractivity contribution in [3.05, 3.63) is 46.1 Å². The van der Waals surface area contributed by atoms with E-state index >= 15 is 0 Å². The van der Waals surface area contributed by atoms with E-state index in [1.165, 1.54) is 7.11 Å². The maximum absolute atomic E-state index is 12.3. The van der Waals surface area contributed by atoms with Gasteiger partial charge in [0.05, 0.1) is 7.11 Å². The standard InChI is InChI=1S/C22H29ClN2O4/c1-13(2)5-19(21(26)27)25-20(22(28)29-4)10-17-12-24-11-16(17)8-15-6-14(3)7-18(23)9-15/h6-7,9,11-13,16,19-20,25H,5,8,10H2,1-4H3,(H,26,27)/t16?,19-,20-/m0/s1. The van der Waals surface area contributed by atoms with Gasteiger partial charge in [-0.15, -0.1) is 0 Å². The van der Waals surface area contributed by atoms with E-state index in [4.69, 9.17) is 16.3 Å². The average Bonchev–Trinajstić information content (AvgIpc) is 3.05. The van der Waals surface area contributed by atoms with E-state index in [0.29, 0.717) is 24.3 Å². The van der Waals surface area contributed by atoms with Crippen LogP contribution >= 0.6 is 11.6 Å². The van der Waals surface area contributed by atoms with Crippen LogP contribution in [-0.4, -0.2) is 42.5 Å². The molecule has 0 fully saturated rings. The normalized spacial score (nSPS) is 17.9. The van der Waals surface area contributed by atoms with Gasteiger partial charge in [0.2, 0.25) is 0 Å². The van der Waals surface area contributed by atoms with Crippen LogP contribution < -0.4 is 5.32 Å². The Morgan fingerprint density at radius 1 is 1.28 bits per heavy atom. The molecule has 0 saturated heterocycles. The minimum Gasteiger partial charge on any atom is -0.480 e. The number of hydrogen-bond donors (Lipinski definition) is 2. The average molecular weight is 421 g/mol. The van der Waals surface area contributed by atoms with Crippen LogP contribution in [-0.2, 0) is 20.7 Å². The Balaban J connectivity index is 2.13. The molecule has 1 aromatic carbocycles. The van der Waals surface area contributed by atoms with Crippen LogP contribution in [0.5, 0.6) is 0 Å². The van der Waals surface area contributed by atoms with E-state index < -0.39 is 24.0 Å².